The largest absolute Gasteiger partial charge is 0.393 e. The third-order valence-corrected chi connectivity index (χ3v) is 5.28. The first-order valence-electron chi connectivity index (χ1n) is 9.09. The molecule has 1 aliphatic carbocycles. The topological polar surface area (TPSA) is 95.4 Å². The lowest BCUT2D eigenvalue weighted by atomic mass is 10.1. The molecule has 7 heteroatoms. The Morgan fingerprint density at radius 3 is 2.88 bits per heavy atom. The van der Waals surface area contributed by atoms with Crippen LogP contribution in [0.15, 0.2) is 30.5 Å². The number of likely N-dealkylation sites (tertiary alicyclic amines) is 1. The van der Waals surface area contributed by atoms with Gasteiger partial charge in [-0.05, 0) is 49.9 Å². The number of aliphatic hydroxyl groups excluding tert-OH is 1. The molecule has 1 saturated heterocycles. The van der Waals surface area contributed by atoms with Gasteiger partial charge in [-0.2, -0.15) is 0 Å². The second-order valence-electron chi connectivity index (χ2n) is 7.16. The predicted molar refractivity (Wildman–Crippen MR) is 95.3 cm³/mol. The van der Waals surface area contributed by atoms with Crippen molar-refractivity contribution in [3.63, 3.8) is 0 Å². The van der Waals surface area contributed by atoms with Gasteiger partial charge in [-0.1, -0.05) is 0 Å². The number of nitrogens with zero attached hydrogens (tertiary/aromatic N) is 3. The predicted octanol–water partition coefficient (Wildman–Crippen LogP) is 1.12. The van der Waals surface area contributed by atoms with Crippen molar-refractivity contribution < 1.29 is 14.7 Å². The van der Waals surface area contributed by atoms with Crippen molar-refractivity contribution in [3.05, 3.63) is 36.2 Å². The molecule has 0 spiro atoms. The van der Waals surface area contributed by atoms with E-state index >= 15 is 0 Å². The molecule has 0 aromatic carbocycles. The van der Waals surface area contributed by atoms with Crippen LogP contribution >= 0.6 is 0 Å². The van der Waals surface area contributed by atoms with E-state index in [9.17, 15) is 14.7 Å². The van der Waals surface area contributed by atoms with Gasteiger partial charge < -0.3 is 15.3 Å². The first kappa shape index (κ1) is 16.9. The summed E-state index contributed by atoms with van der Waals surface area (Å²) in [7, 11) is 0. The van der Waals surface area contributed by atoms with E-state index in [1.165, 1.54) is 0 Å². The van der Waals surface area contributed by atoms with E-state index in [2.05, 4.69) is 15.3 Å². The summed E-state index contributed by atoms with van der Waals surface area (Å²) in [5.74, 6) is -0.248. The standard InChI is InChI=1S/C19H22N4O3/c24-15-5-3-13(10-15)18(25)21-14-7-9-23(11-14)19(26)16-6-4-12-2-1-8-20-17(12)22-16/h1-2,4,6,8,13-15,24H,3,5,7,9-11H2,(H,21,25)/t13-,14?,15-/m1/s1. The van der Waals surface area contributed by atoms with Crippen LogP contribution in [0.25, 0.3) is 11.0 Å². The van der Waals surface area contributed by atoms with Crippen molar-refractivity contribution in [1.82, 2.24) is 20.2 Å². The van der Waals surface area contributed by atoms with Crippen LogP contribution in [-0.2, 0) is 4.79 Å². The molecule has 2 N–H and O–H groups in total. The highest BCUT2D eigenvalue weighted by Gasteiger charge is 2.33. The van der Waals surface area contributed by atoms with E-state index in [4.69, 9.17) is 0 Å². The summed E-state index contributed by atoms with van der Waals surface area (Å²) in [5, 5.41) is 13.5. The lowest BCUT2D eigenvalue weighted by Gasteiger charge is -2.18. The van der Waals surface area contributed by atoms with Gasteiger partial charge in [0.1, 0.15) is 5.69 Å². The number of aliphatic hydroxyl groups is 1. The van der Waals surface area contributed by atoms with Crippen molar-refractivity contribution >= 4 is 22.8 Å². The molecule has 1 unspecified atom stereocenters. The number of carbonyl (C=O) groups excluding carboxylic acids is 2. The number of fused-ring (bicyclic) bond motifs is 1. The molecule has 136 valence electrons. The summed E-state index contributed by atoms with van der Waals surface area (Å²) in [4.78, 5) is 35.3. The minimum Gasteiger partial charge on any atom is -0.393 e. The molecule has 1 saturated carbocycles. The fourth-order valence-corrected chi connectivity index (χ4v) is 3.81. The molecule has 2 amide bonds. The fourth-order valence-electron chi connectivity index (χ4n) is 3.81. The maximum Gasteiger partial charge on any atom is 0.272 e. The number of rotatable bonds is 3. The van der Waals surface area contributed by atoms with Crippen LogP contribution in [0.5, 0.6) is 0 Å². The average Bonchev–Trinajstić information content (AvgIpc) is 3.30. The second kappa shape index (κ2) is 6.99. The molecule has 2 aromatic heterocycles. The Hall–Kier alpha value is -2.54. The molecule has 2 aromatic rings. The zero-order chi connectivity index (χ0) is 18.1. The van der Waals surface area contributed by atoms with Crippen molar-refractivity contribution in [2.75, 3.05) is 13.1 Å². The minimum atomic E-state index is -0.361. The molecular weight excluding hydrogens is 332 g/mol. The Kier molecular flexibility index (Phi) is 4.55. The number of nitrogens with one attached hydrogen (secondary N) is 1. The van der Waals surface area contributed by atoms with Crippen LogP contribution in [0.1, 0.15) is 36.2 Å². The summed E-state index contributed by atoms with van der Waals surface area (Å²) in [5.41, 5.74) is 0.935. The summed E-state index contributed by atoms with van der Waals surface area (Å²) in [6.07, 6.45) is 3.99. The third-order valence-electron chi connectivity index (χ3n) is 5.28. The van der Waals surface area contributed by atoms with Gasteiger partial charge in [0.15, 0.2) is 5.65 Å². The van der Waals surface area contributed by atoms with Gasteiger partial charge in [0.2, 0.25) is 5.91 Å². The zero-order valence-electron chi connectivity index (χ0n) is 14.5. The zero-order valence-corrected chi connectivity index (χ0v) is 14.5. The Morgan fingerprint density at radius 2 is 2.08 bits per heavy atom. The van der Waals surface area contributed by atoms with Gasteiger partial charge in [0, 0.05) is 36.6 Å². The molecule has 0 radical (unpaired) electrons. The Bertz CT molecular complexity index is 840. The third kappa shape index (κ3) is 3.39. The summed E-state index contributed by atoms with van der Waals surface area (Å²) in [6.45, 7) is 1.08. The quantitative estimate of drug-likeness (QED) is 0.861. The van der Waals surface area contributed by atoms with Gasteiger partial charge in [-0.25, -0.2) is 9.97 Å². The highest BCUT2D eigenvalue weighted by molar-refractivity contribution is 5.94. The SMILES string of the molecule is O=C(NC1CCN(C(=O)c2ccc3cccnc3n2)C1)[C@@H]1CC[C@@H](O)C1. The van der Waals surface area contributed by atoms with Gasteiger partial charge in [0.05, 0.1) is 6.10 Å². The van der Waals surface area contributed by atoms with E-state index in [1.807, 2.05) is 18.2 Å². The van der Waals surface area contributed by atoms with Crippen LogP contribution in [0.2, 0.25) is 0 Å². The lowest BCUT2D eigenvalue weighted by molar-refractivity contribution is -0.125. The smallest absolute Gasteiger partial charge is 0.272 e. The van der Waals surface area contributed by atoms with Crippen LogP contribution in [0.3, 0.4) is 0 Å². The van der Waals surface area contributed by atoms with E-state index in [0.29, 0.717) is 37.3 Å². The van der Waals surface area contributed by atoms with Crippen LogP contribution in [-0.4, -0.2) is 57.0 Å². The van der Waals surface area contributed by atoms with Crippen molar-refractivity contribution in [2.45, 2.75) is 37.8 Å². The van der Waals surface area contributed by atoms with Crippen molar-refractivity contribution in [1.29, 1.82) is 0 Å². The molecule has 26 heavy (non-hydrogen) atoms. The fraction of sp³-hybridized carbons (Fsp3) is 0.474. The average molecular weight is 354 g/mol. The van der Waals surface area contributed by atoms with Gasteiger partial charge in [-0.3, -0.25) is 9.59 Å². The summed E-state index contributed by atoms with van der Waals surface area (Å²) in [6, 6.07) is 7.28. The first-order chi connectivity index (χ1) is 12.6. The normalized spacial score (nSPS) is 25.6. The monoisotopic (exact) mass is 354 g/mol. The Balaban J connectivity index is 1.38. The number of hydrogen-bond acceptors (Lipinski definition) is 5. The number of carbonyl (C=O) groups is 2. The maximum absolute atomic E-state index is 12.7. The molecule has 0 bridgehead atoms. The van der Waals surface area contributed by atoms with Crippen LogP contribution in [0, 0.1) is 5.92 Å². The highest BCUT2D eigenvalue weighted by atomic mass is 16.3. The molecule has 2 aliphatic rings. The van der Waals surface area contributed by atoms with Crippen LogP contribution < -0.4 is 5.32 Å². The second-order valence-corrected chi connectivity index (χ2v) is 7.16. The molecule has 2 fully saturated rings. The van der Waals surface area contributed by atoms with E-state index in [1.54, 1.807) is 17.2 Å². The van der Waals surface area contributed by atoms with Gasteiger partial charge in [-0.15, -0.1) is 0 Å². The first-order valence-corrected chi connectivity index (χ1v) is 9.09. The number of aromatic nitrogens is 2. The van der Waals surface area contributed by atoms with Crippen molar-refractivity contribution in [2.24, 2.45) is 5.92 Å². The molecule has 3 heterocycles. The maximum atomic E-state index is 12.7. The van der Waals surface area contributed by atoms with Gasteiger partial charge >= 0.3 is 0 Å². The molecule has 1 aliphatic heterocycles. The summed E-state index contributed by atoms with van der Waals surface area (Å²) < 4.78 is 0. The lowest BCUT2D eigenvalue weighted by Crippen LogP contribution is -2.41. The molecule has 3 atom stereocenters. The minimum absolute atomic E-state index is 0.00567. The summed E-state index contributed by atoms with van der Waals surface area (Å²) >= 11 is 0. The van der Waals surface area contributed by atoms with E-state index < -0.39 is 0 Å². The van der Waals surface area contributed by atoms with Crippen molar-refractivity contribution in [3.8, 4) is 0 Å². The number of pyridine rings is 2. The Morgan fingerprint density at radius 1 is 1.19 bits per heavy atom. The highest BCUT2D eigenvalue weighted by Crippen LogP contribution is 2.26. The molecule has 7 nitrogen and oxygen atoms in total. The van der Waals surface area contributed by atoms with E-state index in [0.717, 1.165) is 18.2 Å². The Labute approximate surface area is 151 Å². The van der Waals surface area contributed by atoms with Gasteiger partial charge in [0.25, 0.3) is 5.91 Å². The molecule has 4 rings (SSSR count). The van der Waals surface area contributed by atoms with E-state index in [-0.39, 0.29) is 29.9 Å². The number of amides is 2. The van der Waals surface area contributed by atoms with Crippen LogP contribution in [0.4, 0.5) is 0 Å². The molecular formula is C19H22N4O3. The number of hydrogen-bond donors (Lipinski definition) is 2.